The van der Waals surface area contributed by atoms with E-state index in [-0.39, 0.29) is 6.04 Å². The lowest BCUT2D eigenvalue weighted by molar-refractivity contribution is 0.265. The minimum atomic E-state index is 0.0875. The van der Waals surface area contributed by atoms with Gasteiger partial charge in [0.15, 0.2) is 11.6 Å². The van der Waals surface area contributed by atoms with E-state index in [1.165, 1.54) is 5.56 Å². The SMILES string of the molecule is COc1cc(Nc2ncc3c(n2)N(C)C(c2ccccc2)CO3)ccc1-n1cnc(C)c1. The summed E-state index contributed by atoms with van der Waals surface area (Å²) in [7, 11) is 3.68. The smallest absolute Gasteiger partial charge is 0.229 e. The van der Waals surface area contributed by atoms with Crippen molar-refractivity contribution in [2.45, 2.75) is 13.0 Å². The van der Waals surface area contributed by atoms with Gasteiger partial charge in [-0.15, -0.1) is 0 Å². The summed E-state index contributed by atoms with van der Waals surface area (Å²) in [5.74, 6) is 2.63. The van der Waals surface area contributed by atoms with Gasteiger partial charge in [-0.1, -0.05) is 30.3 Å². The summed E-state index contributed by atoms with van der Waals surface area (Å²) in [5.41, 5.74) is 3.85. The number of hydrogen-bond donors (Lipinski definition) is 1. The fraction of sp³-hybridized carbons (Fsp3) is 0.208. The van der Waals surface area contributed by atoms with E-state index in [2.05, 4.69) is 32.3 Å². The van der Waals surface area contributed by atoms with E-state index in [0.717, 1.165) is 28.6 Å². The second kappa shape index (κ2) is 8.22. The van der Waals surface area contributed by atoms with Crippen LogP contribution in [0.15, 0.2) is 67.3 Å². The van der Waals surface area contributed by atoms with Gasteiger partial charge in [0.2, 0.25) is 5.95 Å². The van der Waals surface area contributed by atoms with Crippen molar-refractivity contribution < 1.29 is 9.47 Å². The Labute approximate surface area is 186 Å². The van der Waals surface area contributed by atoms with E-state index >= 15 is 0 Å². The van der Waals surface area contributed by atoms with Gasteiger partial charge in [-0.05, 0) is 24.6 Å². The van der Waals surface area contributed by atoms with Gasteiger partial charge in [0.25, 0.3) is 0 Å². The number of methoxy groups -OCH3 is 1. The molecule has 0 saturated heterocycles. The van der Waals surface area contributed by atoms with Gasteiger partial charge in [-0.2, -0.15) is 4.98 Å². The first-order valence-electron chi connectivity index (χ1n) is 10.4. The third kappa shape index (κ3) is 3.71. The molecule has 3 heterocycles. The molecule has 0 aliphatic carbocycles. The monoisotopic (exact) mass is 428 g/mol. The average molecular weight is 428 g/mol. The molecule has 0 spiro atoms. The van der Waals surface area contributed by atoms with Crippen LogP contribution in [0.25, 0.3) is 5.69 Å². The number of imidazole rings is 1. The standard InChI is InChI=1S/C24H24N6O2/c1-16-13-30(15-26-16)19-10-9-18(11-21(19)31-3)27-24-25-12-22-23(28-24)29(2)20(14-32-22)17-7-5-4-6-8-17/h4-13,15,20H,14H2,1-3H3,(H,25,27,28). The lowest BCUT2D eigenvalue weighted by Crippen LogP contribution is -2.34. The van der Waals surface area contributed by atoms with Crippen LogP contribution in [0.3, 0.4) is 0 Å². The molecule has 1 aliphatic rings. The molecular formula is C24H24N6O2. The van der Waals surface area contributed by atoms with Crippen molar-refractivity contribution >= 4 is 17.5 Å². The van der Waals surface area contributed by atoms with Gasteiger partial charge in [-0.25, -0.2) is 9.97 Å². The lowest BCUT2D eigenvalue weighted by Gasteiger charge is -2.34. The third-order valence-electron chi connectivity index (χ3n) is 5.54. The van der Waals surface area contributed by atoms with Crippen molar-refractivity contribution in [3.8, 4) is 17.2 Å². The quantitative estimate of drug-likeness (QED) is 0.508. The second-order valence-electron chi connectivity index (χ2n) is 7.66. The Bertz CT molecular complexity index is 1240. The van der Waals surface area contributed by atoms with E-state index in [0.29, 0.717) is 18.3 Å². The average Bonchev–Trinajstić information content (AvgIpc) is 3.26. The molecule has 1 aliphatic heterocycles. The molecule has 0 fully saturated rings. The van der Waals surface area contributed by atoms with E-state index in [4.69, 9.17) is 14.5 Å². The first-order valence-corrected chi connectivity index (χ1v) is 10.4. The topological polar surface area (TPSA) is 77.3 Å². The Kier molecular flexibility index (Phi) is 5.10. The number of aromatic nitrogens is 4. The van der Waals surface area contributed by atoms with Crippen molar-refractivity contribution in [3.05, 3.63) is 78.5 Å². The molecule has 0 amide bonds. The van der Waals surface area contributed by atoms with Gasteiger partial charge in [0.05, 0.1) is 37.1 Å². The number of nitrogens with one attached hydrogen (secondary N) is 1. The summed E-state index contributed by atoms with van der Waals surface area (Å²) in [6, 6.07) is 16.2. The van der Waals surface area contributed by atoms with Crippen molar-refractivity contribution in [1.82, 2.24) is 19.5 Å². The summed E-state index contributed by atoms with van der Waals surface area (Å²) in [6.45, 7) is 2.51. The first-order chi connectivity index (χ1) is 15.6. The molecule has 2 aromatic heterocycles. The summed E-state index contributed by atoms with van der Waals surface area (Å²) in [4.78, 5) is 15.6. The predicted octanol–water partition coefficient (Wildman–Crippen LogP) is 4.29. The van der Waals surface area contributed by atoms with E-state index < -0.39 is 0 Å². The summed E-state index contributed by atoms with van der Waals surface area (Å²) in [6.07, 6.45) is 5.44. The zero-order chi connectivity index (χ0) is 22.1. The molecule has 2 aromatic carbocycles. The van der Waals surface area contributed by atoms with Gasteiger partial charge >= 0.3 is 0 Å². The third-order valence-corrected chi connectivity index (χ3v) is 5.54. The van der Waals surface area contributed by atoms with Crippen LogP contribution in [0, 0.1) is 6.92 Å². The predicted molar refractivity (Wildman–Crippen MR) is 123 cm³/mol. The number of likely N-dealkylation sites (N-methyl/N-ethyl adjacent to an activating group) is 1. The Hall–Kier alpha value is -4.07. The minimum absolute atomic E-state index is 0.0875. The fourth-order valence-corrected chi connectivity index (χ4v) is 3.85. The number of anilines is 3. The molecule has 1 unspecified atom stereocenters. The molecule has 5 rings (SSSR count). The number of benzene rings is 2. The highest BCUT2D eigenvalue weighted by molar-refractivity contribution is 5.64. The van der Waals surface area contributed by atoms with Gasteiger partial charge < -0.3 is 24.3 Å². The van der Waals surface area contributed by atoms with E-state index in [1.807, 2.05) is 61.1 Å². The molecule has 32 heavy (non-hydrogen) atoms. The van der Waals surface area contributed by atoms with Gasteiger partial charge in [-0.3, -0.25) is 0 Å². The van der Waals surface area contributed by atoms with Crippen molar-refractivity contribution in [2.75, 3.05) is 31.0 Å². The number of ether oxygens (including phenoxy) is 2. The molecule has 0 bridgehead atoms. The largest absolute Gasteiger partial charge is 0.494 e. The maximum atomic E-state index is 5.95. The maximum Gasteiger partial charge on any atom is 0.229 e. The molecule has 1 N–H and O–H groups in total. The van der Waals surface area contributed by atoms with Crippen LogP contribution in [-0.2, 0) is 0 Å². The number of nitrogens with zero attached hydrogens (tertiary/aromatic N) is 5. The Morgan fingerprint density at radius 3 is 2.72 bits per heavy atom. The number of rotatable bonds is 5. The number of hydrogen-bond acceptors (Lipinski definition) is 7. The number of fused-ring (bicyclic) bond motifs is 1. The molecule has 8 nitrogen and oxygen atoms in total. The number of aryl methyl sites for hydroxylation is 1. The zero-order valence-corrected chi connectivity index (χ0v) is 18.2. The first kappa shape index (κ1) is 19.9. The summed E-state index contributed by atoms with van der Waals surface area (Å²) >= 11 is 0. The fourth-order valence-electron chi connectivity index (χ4n) is 3.85. The molecule has 4 aromatic rings. The zero-order valence-electron chi connectivity index (χ0n) is 18.2. The van der Waals surface area contributed by atoms with E-state index in [1.54, 1.807) is 19.6 Å². The molecule has 162 valence electrons. The Morgan fingerprint density at radius 2 is 1.97 bits per heavy atom. The second-order valence-corrected chi connectivity index (χ2v) is 7.66. The van der Waals surface area contributed by atoms with Crippen molar-refractivity contribution in [3.63, 3.8) is 0 Å². The van der Waals surface area contributed by atoms with Crippen LogP contribution < -0.4 is 19.7 Å². The Morgan fingerprint density at radius 1 is 1.12 bits per heavy atom. The molecular weight excluding hydrogens is 404 g/mol. The normalized spacial score (nSPS) is 15.1. The molecule has 1 atom stereocenters. The highest BCUT2D eigenvalue weighted by atomic mass is 16.5. The van der Waals surface area contributed by atoms with Crippen molar-refractivity contribution in [2.24, 2.45) is 0 Å². The van der Waals surface area contributed by atoms with Crippen LogP contribution in [0.5, 0.6) is 11.5 Å². The summed E-state index contributed by atoms with van der Waals surface area (Å²) < 4.78 is 13.5. The summed E-state index contributed by atoms with van der Waals surface area (Å²) in [5, 5.41) is 3.28. The van der Waals surface area contributed by atoms with Crippen LogP contribution in [0.1, 0.15) is 17.3 Å². The van der Waals surface area contributed by atoms with Crippen LogP contribution in [-0.4, -0.2) is 40.3 Å². The molecule has 8 heteroatoms. The minimum Gasteiger partial charge on any atom is -0.494 e. The van der Waals surface area contributed by atoms with Crippen LogP contribution in [0.2, 0.25) is 0 Å². The van der Waals surface area contributed by atoms with Crippen LogP contribution >= 0.6 is 0 Å². The van der Waals surface area contributed by atoms with Crippen LogP contribution in [0.4, 0.5) is 17.5 Å². The van der Waals surface area contributed by atoms with Gasteiger partial charge in [0.1, 0.15) is 12.4 Å². The highest BCUT2D eigenvalue weighted by Gasteiger charge is 2.28. The molecule has 0 radical (unpaired) electrons. The maximum absolute atomic E-state index is 5.95. The lowest BCUT2D eigenvalue weighted by atomic mass is 10.1. The Balaban J connectivity index is 1.41. The highest BCUT2D eigenvalue weighted by Crippen LogP contribution is 2.37. The van der Waals surface area contributed by atoms with E-state index in [9.17, 15) is 0 Å². The van der Waals surface area contributed by atoms with Gasteiger partial charge in [0, 0.05) is 25.0 Å². The molecule has 0 saturated carbocycles. The van der Waals surface area contributed by atoms with Crippen molar-refractivity contribution in [1.29, 1.82) is 0 Å².